The van der Waals surface area contributed by atoms with Gasteiger partial charge in [0, 0.05) is 23.4 Å². The predicted octanol–water partition coefficient (Wildman–Crippen LogP) is 2.85. The largest absolute Gasteiger partial charge is 0.496 e. The van der Waals surface area contributed by atoms with E-state index >= 15 is 0 Å². The molecule has 1 saturated heterocycles. The standard InChI is InChI=1S/C15H19ClO4/c1-18-13-3-2-11(16)10-12(13)14(17)4-6-15(7-5-14)19-8-9-20-15/h2-3,10,17H,4-9H2,1H3. The second-order valence-electron chi connectivity index (χ2n) is 5.48. The van der Waals surface area contributed by atoms with Crippen LogP contribution in [0.1, 0.15) is 31.2 Å². The molecule has 1 aromatic rings. The molecule has 3 rings (SSSR count). The Morgan fingerprint density at radius 3 is 2.40 bits per heavy atom. The quantitative estimate of drug-likeness (QED) is 0.912. The Balaban J connectivity index is 1.85. The normalized spacial score (nSPS) is 23.9. The van der Waals surface area contributed by atoms with Crippen molar-refractivity contribution in [3.05, 3.63) is 28.8 Å². The average molecular weight is 299 g/mol. The molecule has 1 saturated carbocycles. The van der Waals surface area contributed by atoms with Crippen molar-refractivity contribution in [2.45, 2.75) is 37.1 Å². The minimum atomic E-state index is -0.934. The van der Waals surface area contributed by atoms with Gasteiger partial charge in [0.05, 0.1) is 25.9 Å². The lowest BCUT2D eigenvalue weighted by molar-refractivity contribution is -0.204. The van der Waals surface area contributed by atoms with Crippen LogP contribution in [0.3, 0.4) is 0 Å². The Hall–Kier alpha value is -0.810. The highest BCUT2D eigenvalue weighted by atomic mass is 35.5. The van der Waals surface area contributed by atoms with E-state index in [9.17, 15) is 5.11 Å². The van der Waals surface area contributed by atoms with Gasteiger partial charge in [0.15, 0.2) is 5.79 Å². The highest BCUT2D eigenvalue weighted by Gasteiger charge is 2.47. The molecule has 1 aliphatic carbocycles. The van der Waals surface area contributed by atoms with Crippen molar-refractivity contribution in [1.82, 2.24) is 0 Å². The van der Waals surface area contributed by atoms with E-state index in [4.69, 9.17) is 25.8 Å². The predicted molar refractivity (Wildman–Crippen MR) is 75.0 cm³/mol. The number of aliphatic hydroxyl groups is 1. The van der Waals surface area contributed by atoms with Crippen LogP contribution in [-0.4, -0.2) is 31.2 Å². The number of benzene rings is 1. The van der Waals surface area contributed by atoms with Gasteiger partial charge in [-0.05, 0) is 31.0 Å². The Morgan fingerprint density at radius 1 is 1.15 bits per heavy atom. The Labute approximate surface area is 123 Å². The summed E-state index contributed by atoms with van der Waals surface area (Å²) in [5.74, 6) is 0.180. The van der Waals surface area contributed by atoms with Crippen molar-refractivity contribution < 1.29 is 19.3 Å². The molecule has 0 radical (unpaired) electrons. The molecule has 1 aliphatic heterocycles. The van der Waals surface area contributed by atoms with E-state index in [1.807, 2.05) is 0 Å². The number of rotatable bonds is 2. The third kappa shape index (κ3) is 2.42. The zero-order chi connectivity index (χ0) is 14.2. The van der Waals surface area contributed by atoms with Crippen molar-refractivity contribution >= 4 is 11.6 Å². The first kappa shape index (κ1) is 14.1. The highest BCUT2D eigenvalue weighted by Crippen LogP contribution is 2.47. The molecule has 2 aliphatic rings. The molecule has 1 N–H and O–H groups in total. The van der Waals surface area contributed by atoms with Crippen LogP contribution in [0.2, 0.25) is 5.02 Å². The van der Waals surface area contributed by atoms with Gasteiger partial charge in [-0.25, -0.2) is 0 Å². The molecule has 1 spiro atoms. The number of ether oxygens (including phenoxy) is 3. The van der Waals surface area contributed by atoms with Gasteiger partial charge in [-0.15, -0.1) is 0 Å². The molecule has 1 heterocycles. The second-order valence-corrected chi connectivity index (χ2v) is 5.92. The lowest BCUT2D eigenvalue weighted by Crippen LogP contribution is -2.42. The molecule has 0 unspecified atom stereocenters. The first-order chi connectivity index (χ1) is 9.57. The summed E-state index contributed by atoms with van der Waals surface area (Å²) in [6.45, 7) is 1.28. The van der Waals surface area contributed by atoms with E-state index < -0.39 is 11.4 Å². The summed E-state index contributed by atoms with van der Waals surface area (Å²) in [6, 6.07) is 5.35. The lowest BCUT2D eigenvalue weighted by atomic mass is 9.76. The first-order valence-corrected chi connectivity index (χ1v) is 7.29. The second kappa shape index (κ2) is 5.19. The molecular formula is C15H19ClO4. The molecule has 110 valence electrons. The van der Waals surface area contributed by atoms with E-state index in [-0.39, 0.29) is 0 Å². The highest BCUT2D eigenvalue weighted by molar-refractivity contribution is 6.30. The molecular weight excluding hydrogens is 280 g/mol. The molecule has 20 heavy (non-hydrogen) atoms. The van der Waals surface area contributed by atoms with Gasteiger partial charge < -0.3 is 19.3 Å². The van der Waals surface area contributed by atoms with Crippen LogP contribution in [0.25, 0.3) is 0 Å². The Bertz CT molecular complexity index is 487. The molecule has 0 bridgehead atoms. The molecule has 1 aromatic carbocycles. The lowest BCUT2D eigenvalue weighted by Gasteiger charge is -2.41. The van der Waals surface area contributed by atoms with Crippen molar-refractivity contribution in [2.24, 2.45) is 0 Å². The molecule has 0 atom stereocenters. The number of halogens is 1. The van der Waals surface area contributed by atoms with Crippen molar-refractivity contribution in [3.8, 4) is 5.75 Å². The van der Waals surface area contributed by atoms with Crippen LogP contribution < -0.4 is 4.74 Å². The molecule has 0 aromatic heterocycles. The molecule has 0 amide bonds. The minimum absolute atomic E-state index is 0.488. The first-order valence-electron chi connectivity index (χ1n) is 6.91. The van der Waals surface area contributed by atoms with Crippen LogP contribution in [0, 0.1) is 0 Å². The van der Waals surface area contributed by atoms with Gasteiger partial charge in [0.1, 0.15) is 5.75 Å². The van der Waals surface area contributed by atoms with Crippen molar-refractivity contribution in [2.75, 3.05) is 20.3 Å². The maximum atomic E-state index is 11.0. The van der Waals surface area contributed by atoms with E-state index in [0.29, 0.717) is 49.7 Å². The summed E-state index contributed by atoms with van der Waals surface area (Å²) in [7, 11) is 1.60. The summed E-state index contributed by atoms with van der Waals surface area (Å²) in [5.41, 5.74) is -0.183. The third-order valence-electron chi connectivity index (χ3n) is 4.32. The fraction of sp³-hybridized carbons (Fsp3) is 0.600. The number of hydrogen-bond donors (Lipinski definition) is 1. The summed E-state index contributed by atoms with van der Waals surface area (Å²) >= 11 is 6.06. The van der Waals surface area contributed by atoms with Crippen LogP contribution in [0.5, 0.6) is 5.75 Å². The SMILES string of the molecule is COc1ccc(Cl)cc1C1(O)CCC2(CC1)OCCO2. The van der Waals surface area contributed by atoms with Gasteiger partial charge >= 0.3 is 0 Å². The topological polar surface area (TPSA) is 47.9 Å². The zero-order valence-corrected chi connectivity index (χ0v) is 12.3. The van der Waals surface area contributed by atoms with E-state index in [1.165, 1.54) is 0 Å². The smallest absolute Gasteiger partial charge is 0.168 e. The maximum absolute atomic E-state index is 11.0. The van der Waals surface area contributed by atoms with Crippen molar-refractivity contribution in [3.63, 3.8) is 0 Å². The Morgan fingerprint density at radius 2 is 1.80 bits per heavy atom. The summed E-state index contributed by atoms with van der Waals surface area (Å²) in [5, 5.41) is 11.6. The van der Waals surface area contributed by atoms with Gasteiger partial charge in [-0.2, -0.15) is 0 Å². The number of hydrogen-bond acceptors (Lipinski definition) is 4. The van der Waals surface area contributed by atoms with E-state index in [1.54, 1.807) is 25.3 Å². The minimum Gasteiger partial charge on any atom is -0.496 e. The summed E-state index contributed by atoms with van der Waals surface area (Å²) in [6.07, 6.45) is 2.51. The third-order valence-corrected chi connectivity index (χ3v) is 4.55. The fourth-order valence-electron chi connectivity index (χ4n) is 3.14. The van der Waals surface area contributed by atoms with Crippen LogP contribution in [0.4, 0.5) is 0 Å². The van der Waals surface area contributed by atoms with Crippen molar-refractivity contribution in [1.29, 1.82) is 0 Å². The summed E-state index contributed by atoms with van der Waals surface area (Å²) in [4.78, 5) is 0. The van der Waals surface area contributed by atoms with E-state index in [0.717, 1.165) is 5.56 Å². The van der Waals surface area contributed by atoms with Gasteiger partial charge in [0.2, 0.25) is 0 Å². The van der Waals surface area contributed by atoms with E-state index in [2.05, 4.69) is 0 Å². The molecule has 5 heteroatoms. The Kier molecular flexibility index (Phi) is 3.67. The van der Waals surface area contributed by atoms with Crippen LogP contribution in [0.15, 0.2) is 18.2 Å². The van der Waals surface area contributed by atoms with Crippen LogP contribution >= 0.6 is 11.6 Å². The molecule has 2 fully saturated rings. The van der Waals surface area contributed by atoms with Gasteiger partial charge in [-0.3, -0.25) is 0 Å². The molecule has 4 nitrogen and oxygen atoms in total. The monoisotopic (exact) mass is 298 g/mol. The van der Waals surface area contributed by atoms with Gasteiger partial charge in [0.25, 0.3) is 0 Å². The van der Waals surface area contributed by atoms with Crippen LogP contribution in [-0.2, 0) is 15.1 Å². The summed E-state index contributed by atoms with van der Waals surface area (Å²) < 4.78 is 16.8. The maximum Gasteiger partial charge on any atom is 0.168 e. The average Bonchev–Trinajstić information content (AvgIpc) is 2.91. The zero-order valence-electron chi connectivity index (χ0n) is 11.5. The van der Waals surface area contributed by atoms with Gasteiger partial charge in [-0.1, -0.05) is 11.6 Å². The fourth-order valence-corrected chi connectivity index (χ4v) is 3.32. The number of methoxy groups -OCH3 is 1.